The van der Waals surface area contributed by atoms with Gasteiger partial charge in [-0.15, -0.1) is 0 Å². The minimum Gasteiger partial charge on any atom is -0.493 e. The van der Waals surface area contributed by atoms with Crippen molar-refractivity contribution in [1.29, 1.82) is 0 Å². The quantitative estimate of drug-likeness (QED) is 0.810. The molecule has 0 bridgehead atoms. The third-order valence-electron chi connectivity index (χ3n) is 1.53. The van der Waals surface area contributed by atoms with E-state index >= 15 is 0 Å². The Morgan fingerprint density at radius 2 is 2.21 bits per heavy atom. The maximum absolute atomic E-state index is 8.55. The van der Waals surface area contributed by atoms with Crippen LogP contribution >= 0.6 is 27.7 Å². The number of aliphatic hydroxyl groups excluding tert-OH is 1. The van der Waals surface area contributed by atoms with Crippen LogP contribution in [-0.2, 0) is 0 Å². The Kier molecular flexibility index (Phi) is 6.07. The highest BCUT2D eigenvalue weighted by atomic mass is 79.9. The van der Waals surface area contributed by atoms with Crippen molar-refractivity contribution in [2.45, 2.75) is 0 Å². The molecule has 1 rings (SSSR count). The summed E-state index contributed by atoms with van der Waals surface area (Å²) in [5.41, 5.74) is 0. The van der Waals surface area contributed by atoms with Crippen molar-refractivity contribution in [1.82, 2.24) is 0 Å². The summed E-state index contributed by atoms with van der Waals surface area (Å²) >= 11 is 5.07. The van der Waals surface area contributed by atoms with Gasteiger partial charge in [-0.3, -0.25) is 0 Å². The summed E-state index contributed by atoms with van der Waals surface area (Å²) in [7, 11) is 0. The first-order chi connectivity index (χ1) is 6.83. The van der Waals surface area contributed by atoms with E-state index in [9.17, 15) is 0 Å². The van der Waals surface area contributed by atoms with Gasteiger partial charge in [0.1, 0.15) is 5.75 Å². The lowest BCUT2D eigenvalue weighted by atomic mass is 10.3. The summed E-state index contributed by atoms with van der Waals surface area (Å²) in [5.74, 6) is 2.57. The first kappa shape index (κ1) is 11.9. The molecule has 0 spiro atoms. The topological polar surface area (TPSA) is 29.5 Å². The van der Waals surface area contributed by atoms with Crippen LogP contribution in [-0.4, -0.2) is 29.8 Å². The van der Waals surface area contributed by atoms with Crippen molar-refractivity contribution in [3.63, 3.8) is 0 Å². The Hall–Kier alpha value is -0.190. The van der Waals surface area contributed by atoms with E-state index in [0.717, 1.165) is 21.7 Å². The van der Waals surface area contributed by atoms with E-state index in [1.165, 1.54) is 0 Å². The molecule has 0 saturated carbocycles. The average Bonchev–Trinajstić information content (AvgIpc) is 2.18. The van der Waals surface area contributed by atoms with Gasteiger partial charge < -0.3 is 9.84 Å². The molecular formula is C10H13BrO2S. The van der Waals surface area contributed by atoms with Gasteiger partial charge >= 0.3 is 0 Å². The van der Waals surface area contributed by atoms with Crippen LogP contribution in [0, 0.1) is 0 Å². The van der Waals surface area contributed by atoms with Crippen LogP contribution in [0.2, 0.25) is 0 Å². The number of rotatable bonds is 6. The van der Waals surface area contributed by atoms with Crippen molar-refractivity contribution in [2.24, 2.45) is 0 Å². The van der Waals surface area contributed by atoms with Gasteiger partial charge in [-0.2, -0.15) is 11.8 Å². The van der Waals surface area contributed by atoms with Crippen LogP contribution < -0.4 is 4.74 Å². The number of halogens is 1. The number of ether oxygens (including phenoxy) is 1. The summed E-state index contributed by atoms with van der Waals surface area (Å²) < 4.78 is 6.53. The number of thioether (sulfide) groups is 1. The maximum atomic E-state index is 8.55. The summed E-state index contributed by atoms with van der Waals surface area (Å²) in [5, 5.41) is 8.55. The third kappa shape index (κ3) is 4.88. The van der Waals surface area contributed by atoms with Crippen molar-refractivity contribution >= 4 is 27.7 Å². The molecule has 0 amide bonds. The van der Waals surface area contributed by atoms with Crippen LogP contribution in [0.3, 0.4) is 0 Å². The van der Waals surface area contributed by atoms with Crippen LogP contribution in [0.15, 0.2) is 28.7 Å². The molecular weight excluding hydrogens is 264 g/mol. The van der Waals surface area contributed by atoms with Crippen LogP contribution in [0.5, 0.6) is 5.75 Å². The summed E-state index contributed by atoms with van der Waals surface area (Å²) in [6, 6.07) is 7.78. The third-order valence-corrected chi connectivity index (χ3v) is 2.95. The number of hydrogen-bond donors (Lipinski definition) is 1. The average molecular weight is 277 g/mol. The Balaban J connectivity index is 2.18. The second kappa shape index (κ2) is 7.15. The molecule has 0 atom stereocenters. The normalized spacial score (nSPS) is 10.1. The lowest BCUT2D eigenvalue weighted by Gasteiger charge is -2.05. The highest BCUT2D eigenvalue weighted by Crippen LogP contribution is 2.17. The van der Waals surface area contributed by atoms with Crippen LogP contribution in [0.25, 0.3) is 0 Å². The molecule has 1 N–H and O–H groups in total. The largest absolute Gasteiger partial charge is 0.493 e. The van der Waals surface area contributed by atoms with Gasteiger partial charge in [0, 0.05) is 16.0 Å². The predicted molar refractivity (Wildman–Crippen MR) is 64.0 cm³/mol. The Morgan fingerprint density at radius 1 is 1.36 bits per heavy atom. The molecule has 0 saturated heterocycles. The lowest BCUT2D eigenvalue weighted by molar-refractivity contribution is 0.321. The molecule has 78 valence electrons. The molecule has 4 heteroatoms. The van der Waals surface area contributed by atoms with E-state index in [2.05, 4.69) is 15.9 Å². The molecule has 0 fully saturated rings. The van der Waals surface area contributed by atoms with Gasteiger partial charge in [0.25, 0.3) is 0 Å². The van der Waals surface area contributed by atoms with Crippen LogP contribution in [0.4, 0.5) is 0 Å². The number of benzene rings is 1. The molecule has 0 heterocycles. The minimum atomic E-state index is 0.238. The fourth-order valence-corrected chi connectivity index (χ4v) is 1.85. The number of aliphatic hydroxyl groups is 1. The standard InChI is InChI=1S/C10H13BrO2S/c11-9-2-1-3-10(8-9)13-5-7-14-6-4-12/h1-3,8,12H,4-7H2. The Morgan fingerprint density at radius 3 is 2.93 bits per heavy atom. The summed E-state index contributed by atoms with van der Waals surface area (Å²) in [6.07, 6.45) is 0. The molecule has 1 aromatic carbocycles. The second-order valence-electron chi connectivity index (χ2n) is 2.64. The van der Waals surface area contributed by atoms with Crippen LogP contribution in [0.1, 0.15) is 0 Å². The van der Waals surface area contributed by atoms with Gasteiger partial charge in [0.15, 0.2) is 0 Å². The first-order valence-electron chi connectivity index (χ1n) is 4.40. The van der Waals surface area contributed by atoms with Crippen molar-refractivity contribution < 1.29 is 9.84 Å². The monoisotopic (exact) mass is 276 g/mol. The molecule has 0 unspecified atom stereocenters. The second-order valence-corrected chi connectivity index (χ2v) is 4.78. The van der Waals surface area contributed by atoms with E-state index in [1.54, 1.807) is 11.8 Å². The maximum Gasteiger partial charge on any atom is 0.120 e. The zero-order chi connectivity index (χ0) is 10.2. The first-order valence-corrected chi connectivity index (χ1v) is 6.34. The van der Waals surface area contributed by atoms with Crippen molar-refractivity contribution in [3.8, 4) is 5.75 Å². The molecule has 14 heavy (non-hydrogen) atoms. The highest BCUT2D eigenvalue weighted by Gasteiger charge is 1.94. The molecule has 1 aromatic rings. The number of hydrogen-bond acceptors (Lipinski definition) is 3. The summed E-state index contributed by atoms with van der Waals surface area (Å²) in [6.45, 7) is 0.919. The van der Waals surface area contributed by atoms with Gasteiger partial charge in [-0.25, -0.2) is 0 Å². The van der Waals surface area contributed by atoms with E-state index in [4.69, 9.17) is 9.84 Å². The molecule has 0 aromatic heterocycles. The Labute approximate surface area is 96.8 Å². The van der Waals surface area contributed by atoms with E-state index in [1.807, 2.05) is 24.3 Å². The molecule has 0 aliphatic heterocycles. The molecule has 0 aliphatic carbocycles. The molecule has 0 radical (unpaired) electrons. The van der Waals surface area contributed by atoms with Gasteiger partial charge in [0.2, 0.25) is 0 Å². The van der Waals surface area contributed by atoms with Gasteiger partial charge in [-0.1, -0.05) is 22.0 Å². The van der Waals surface area contributed by atoms with E-state index < -0.39 is 0 Å². The lowest BCUT2D eigenvalue weighted by Crippen LogP contribution is -2.01. The van der Waals surface area contributed by atoms with Gasteiger partial charge in [0.05, 0.1) is 13.2 Å². The predicted octanol–water partition coefficient (Wildman–Crippen LogP) is 2.55. The smallest absolute Gasteiger partial charge is 0.120 e. The highest BCUT2D eigenvalue weighted by molar-refractivity contribution is 9.10. The van der Waals surface area contributed by atoms with Crippen molar-refractivity contribution in [2.75, 3.05) is 24.7 Å². The van der Waals surface area contributed by atoms with E-state index in [-0.39, 0.29) is 6.61 Å². The zero-order valence-corrected chi connectivity index (χ0v) is 10.2. The zero-order valence-electron chi connectivity index (χ0n) is 7.78. The van der Waals surface area contributed by atoms with E-state index in [0.29, 0.717) is 6.61 Å². The Bertz CT molecular complexity index is 268. The SMILES string of the molecule is OCCSCCOc1cccc(Br)c1. The van der Waals surface area contributed by atoms with Gasteiger partial charge in [-0.05, 0) is 18.2 Å². The minimum absolute atomic E-state index is 0.238. The fraction of sp³-hybridized carbons (Fsp3) is 0.400. The summed E-state index contributed by atoms with van der Waals surface area (Å²) in [4.78, 5) is 0. The fourth-order valence-electron chi connectivity index (χ4n) is 0.942. The molecule has 0 aliphatic rings. The molecule has 2 nitrogen and oxygen atoms in total. The van der Waals surface area contributed by atoms with Crippen molar-refractivity contribution in [3.05, 3.63) is 28.7 Å².